The molecule has 0 aromatic carbocycles. The molecule has 0 unspecified atom stereocenters. The highest BCUT2D eigenvalue weighted by Gasteiger charge is 2.09. The Balaban J connectivity index is 2.76. The first-order valence-electron chi connectivity index (χ1n) is 5.87. The van der Waals surface area contributed by atoms with Gasteiger partial charge in [0.15, 0.2) is 0 Å². The van der Waals surface area contributed by atoms with Crippen LogP contribution < -0.4 is 5.32 Å². The SMILES string of the molecule is CCCN(CCO)Cc1nc(NC)ccc1Cl. The van der Waals surface area contributed by atoms with Crippen molar-refractivity contribution in [2.24, 2.45) is 0 Å². The highest BCUT2D eigenvalue weighted by molar-refractivity contribution is 6.31. The zero-order valence-corrected chi connectivity index (χ0v) is 11.2. The summed E-state index contributed by atoms with van der Waals surface area (Å²) in [7, 11) is 1.83. The number of pyridine rings is 1. The van der Waals surface area contributed by atoms with Crippen LogP contribution in [-0.2, 0) is 6.54 Å². The predicted octanol–water partition coefficient (Wildman–Crippen LogP) is 1.98. The summed E-state index contributed by atoms with van der Waals surface area (Å²) in [5.74, 6) is 0.810. The number of halogens is 1. The van der Waals surface area contributed by atoms with Gasteiger partial charge in [0, 0.05) is 20.1 Å². The summed E-state index contributed by atoms with van der Waals surface area (Å²) < 4.78 is 0. The summed E-state index contributed by atoms with van der Waals surface area (Å²) in [6, 6.07) is 3.70. The van der Waals surface area contributed by atoms with Crippen molar-refractivity contribution < 1.29 is 5.11 Å². The van der Waals surface area contributed by atoms with Gasteiger partial charge in [0.25, 0.3) is 0 Å². The number of rotatable bonds is 7. The van der Waals surface area contributed by atoms with Gasteiger partial charge in [-0.05, 0) is 25.1 Å². The summed E-state index contributed by atoms with van der Waals surface area (Å²) in [5.41, 5.74) is 0.848. The molecule has 1 rings (SSSR count). The molecule has 0 atom stereocenters. The second kappa shape index (κ2) is 7.48. The molecule has 0 amide bonds. The first-order chi connectivity index (χ1) is 8.21. The lowest BCUT2D eigenvalue weighted by atomic mass is 10.3. The predicted molar refractivity (Wildman–Crippen MR) is 71.4 cm³/mol. The molecule has 0 saturated carbocycles. The van der Waals surface area contributed by atoms with E-state index in [-0.39, 0.29) is 6.61 Å². The van der Waals surface area contributed by atoms with Crippen molar-refractivity contribution in [3.63, 3.8) is 0 Å². The number of hydrogen-bond donors (Lipinski definition) is 2. The minimum absolute atomic E-state index is 0.156. The minimum atomic E-state index is 0.156. The number of nitrogens with one attached hydrogen (secondary N) is 1. The van der Waals surface area contributed by atoms with E-state index in [4.69, 9.17) is 16.7 Å². The van der Waals surface area contributed by atoms with Gasteiger partial charge in [-0.25, -0.2) is 4.98 Å². The molecule has 0 radical (unpaired) electrons. The number of hydrogen-bond acceptors (Lipinski definition) is 4. The van der Waals surface area contributed by atoms with Gasteiger partial charge in [-0.2, -0.15) is 0 Å². The van der Waals surface area contributed by atoms with E-state index in [1.54, 1.807) is 0 Å². The minimum Gasteiger partial charge on any atom is -0.395 e. The Hall–Kier alpha value is -0.840. The molecule has 1 heterocycles. The van der Waals surface area contributed by atoms with Crippen LogP contribution in [0.5, 0.6) is 0 Å². The summed E-state index contributed by atoms with van der Waals surface area (Å²) >= 11 is 6.12. The van der Waals surface area contributed by atoms with Gasteiger partial charge in [-0.15, -0.1) is 0 Å². The molecule has 1 aromatic heterocycles. The largest absolute Gasteiger partial charge is 0.395 e. The Bertz CT molecular complexity index is 341. The molecule has 17 heavy (non-hydrogen) atoms. The van der Waals surface area contributed by atoms with E-state index in [2.05, 4.69) is 22.1 Å². The zero-order valence-electron chi connectivity index (χ0n) is 10.4. The molecule has 4 nitrogen and oxygen atoms in total. The number of aromatic nitrogens is 1. The summed E-state index contributed by atoms with van der Waals surface area (Å²) in [5, 5.41) is 12.7. The fraction of sp³-hybridized carbons (Fsp3) is 0.583. The Kier molecular flexibility index (Phi) is 6.26. The first kappa shape index (κ1) is 14.2. The zero-order chi connectivity index (χ0) is 12.7. The smallest absolute Gasteiger partial charge is 0.126 e. The van der Waals surface area contributed by atoms with E-state index in [0.29, 0.717) is 18.1 Å². The van der Waals surface area contributed by atoms with Crippen molar-refractivity contribution in [3.8, 4) is 0 Å². The molecule has 0 aliphatic heterocycles. The molecule has 0 aliphatic carbocycles. The second-order valence-corrected chi connectivity index (χ2v) is 4.28. The fourth-order valence-electron chi connectivity index (χ4n) is 1.67. The quantitative estimate of drug-likeness (QED) is 0.784. The van der Waals surface area contributed by atoms with Crippen LogP contribution in [0.15, 0.2) is 12.1 Å². The van der Waals surface area contributed by atoms with E-state index in [0.717, 1.165) is 24.5 Å². The van der Waals surface area contributed by atoms with E-state index in [9.17, 15) is 0 Å². The number of aliphatic hydroxyl groups is 1. The van der Waals surface area contributed by atoms with Crippen molar-refractivity contribution in [2.45, 2.75) is 19.9 Å². The second-order valence-electron chi connectivity index (χ2n) is 3.87. The van der Waals surface area contributed by atoms with Crippen LogP contribution in [0.2, 0.25) is 5.02 Å². The summed E-state index contributed by atoms with van der Waals surface area (Å²) in [6.45, 7) is 4.52. The highest BCUT2D eigenvalue weighted by atomic mass is 35.5. The third kappa shape index (κ3) is 4.50. The number of aliphatic hydroxyl groups excluding tert-OH is 1. The molecule has 5 heteroatoms. The Morgan fingerprint density at radius 3 is 2.76 bits per heavy atom. The molecule has 0 saturated heterocycles. The van der Waals surface area contributed by atoms with E-state index >= 15 is 0 Å². The average molecular weight is 258 g/mol. The monoisotopic (exact) mass is 257 g/mol. The lowest BCUT2D eigenvalue weighted by Gasteiger charge is -2.20. The van der Waals surface area contributed by atoms with Crippen LogP contribution in [0.1, 0.15) is 19.0 Å². The van der Waals surface area contributed by atoms with Gasteiger partial charge in [-0.3, -0.25) is 4.90 Å². The fourth-order valence-corrected chi connectivity index (χ4v) is 1.84. The van der Waals surface area contributed by atoms with Crippen LogP contribution in [0.4, 0.5) is 5.82 Å². The van der Waals surface area contributed by atoms with Gasteiger partial charge in [-0.1, -0.05) is 18.5 Å². The molecule has 96 valence electrons. The maximum Gasteiger partial charge on any atom is 0.126 e. The van der Waals surface area contributed by atoms with Crippen LogP contribution in [-0.4, -0.2) is 41.7 Å². The topological polar surface area (TPSA) is 48.4 Å². The van der Waals surface area contributed by atoms with Crippen LogP contribution >= 0.6 is 11.6 Å². The van der Waals surface area contributed by atoms with Gasteiger partial charge in [0.2, 0.25) is 0 Å². The average Bonchev–Trinajstić information content (AvgIpc) is 2.32. The Morgan fingerprint density at radius 1 is 1.41 bits per heavy atom. The van der Waals surface area contributed by atoms with E-state index in [1.807, 2.05) is 19.2 Å². The Morgan fingerprint density at radius 2 is 2.18 bits per heavy atom. The van der Waals surface area contributed by atoms with Gasteiger partial charge in [0.05, 0.1) is 17.3 Å². The number of nitrogens with zero attached hydrogens (tertiary/aromatic N) is 2. The molecule has 0 bridgehead atoms. The molecule has 2 N–H and O–H groups in total. The molecular formula is C12H20ClN3O. The number of anilines is 1. The lowest BCUT2D eigenvalue weighted by Crippen LogP contribution is -2.27. The van der Waals surface area contributed by atoms with Crippen molar-refractivity contribution in [3.05, 3.63) is 22.8 Å². The molecule has 0 spiro atoms. The first-order valence-corrected chi connectivity index (χ1v) is 6.25. The van der Waals surface area contributed by atoms with Crippen molar-refractivity contribution in [1.82, 2.24) is 9.88 Å². The van der Waals surface area contributed by atoms with Crippen molar-refractivity contribution in [1.29, 1.82) is 0 Å². The Labute approximate surface area is 108 Å². The van der Waals surface area contributed by atoms with Gasteiger partial charge in [0.1, 0.15) is 5.82 Å². The van der Waals surface area contributed by atoms with Crippen molar-refractivity contribution >= 4 is 17.4 Å². The molecular weight excluding hydrogens is 238 g/mol. The van der Waals surface area contributed by atoms with Crippen LogP contribution in [0.3, 0.4) is 0 Å². The maximum atomic E-state index is 9.00. The van der Waals surface area contributed by atoms with E-state index < -0.39 is 0 Å². The lowest BCUT2D eigenvalue weighted by molar-refractivity contribution is 0.189. The summed E-state index contributed by atoms with van der Waals surface area (Å²) in [6.07, 6.45) is 1.04. The van der Waals surface area contributed by atoms with Crippen molar-refractivity contribution in [2.75, 3.05) is 32.1 Å². The summed E-state index contributed by atoms with van der Waals surface area (Å²) in [4.78, 5) is 6.58. The van der Waals surface area contributed by atoms with Gasteiger partial charge < -0.3 is 10.4 Å². The molecule has 1 aromatic rings. The molecule has 0 aliphatic rings. The highest BCUT2D eigenvalue weighted by Crippen LogP contribution is 2.18. The third-order valence-corrected chi connectivity index (χ3v) is 2.85. The molecule has 0 fully saturated rings. The maximum absolute atomic E-state index is 9.00. The van der Waals surface area contributed by atoms with Crippen LogP contribution in [0.25, 0.3) is 0 Å². The van der Waals surface area contributed by atoms with Gasteiger partial charge >= 0.3 is 0 Å². The normalized spacial score (nSPS) is 10.9. The van der Waals surface area contributed by atoms with E-state index in [1.165, 1.54) is 0 Å². The standard InChI is InChI=1S/C12H20ClN3O/c1-3-6-16(7-8-17)9-11-10(13)4-5-12(14-2)15-11/h4-5,17H,3,6-9H2,1-2H3,(H,14,15). The third-order valence-electron chi connectivity index (χ3n) is 2.50. The van der Waals surface area contributed by atoms with Crippen LogP contribution in [0, 0.1) is 0 Å².